The van der Waals surface area contributed by atoms with Crippen molar-refractivity contribution in [1.82, 2.24) is 0 Å². The molecule has 1 aromatic rings. The van der Waals surface area contributed by atoms with E-state index in [4.69, 9.17) is 16.3 Å². The molecule has 1 aliphatic rings. The van der Waals surface area contributed by atoms with Crippen molar-refractivity contribution in [3.05, 3.63) is 34.1 Å². The van der Waals surface area contributed by atoms with Crippen molar-refractivity contribution in [2.45, 2.75) is 19.3 Å². The van der Waals surface area contributed by atoms with Gasteiger partial charge in [0.2, 0.25) is 0 Å². The molecule has 0 saturated carbocycles. The van der Waals surface area contributed by atoms with E-state index in [9.17, 15) is 9.18 Å². The molecular weight excluding hydrogens is 231 g/mol. The molecule has 0 radical (unpaired) electrons. The molecule has 2 rings (SSSR count). The van der Waals surface area contributed by atoms with Crippen molar-refractivity contribution >= 4 is 17.6 Å². The Morgan fingerprint density at radius 1 is 1.50 bits per heavy atom. The van der Waals surface area contributed by atoms with Crippen molar-refractivity contribution in [1.29, 1.82) is 0 Å². The maximum absolute atomic E-state index is 13.5. The van der Waals surface area contributed by atoms with Gasteiger partial charge in [-0.25, -0.2) is 4.39 Å². The van der Waals surface area contributed by atoms with Crippen LogP contribution in [0.25, 0.3) is 0 Å². The van der Waals surface area contributed by atoms with Gasteiger partial charge in [0, 0.05) is 5.02 Å². The van der Waals surface area contributed by atoms with E-state index in [2.05, 4.69) is 0 Å². The lowest BCUT2D eigenvalue weighted by Gasteiger charge is -2.23. The summed E-state index contributed by atoms with van der Waals surface area (Å²) in [4.78, 5) is 11.4. The molecule has 1 aliphatic carbocycles. The van der Waals surface area contributed by atoms with Crippen molar-refractivity contribution < 1.29 is 13.9 Å². The van der Waals surface area contributed by atoms with E-state index < -0.39 is 0 Å². The average molecular weight is 243 g/mol. The Hall–Kier alpha value is -1.09. The minimum Gasteiger partial charge on any atom is -0.469 e. The summed E-state index contributed by atoms with van der Waals surface area (Å²) in [5.74, 6) is -0.675. The van der Waals surface area contributed by atoms with Crippen molar-refractivity contribution in [2.24, 2.45) is 5.92 Å². The van der Waals surface area contributed by atoms with Crippen LogP contribution in [0.5, 0.6) is 0 Å². The maximum atomic E-state index is 13.5. The monoisotopic (exact) mass is 242 g/mol. The zero-order valence-corrected chi connectivity index (χ0v) is 9.68. The quantitative estimate of drug-likeness (QED) is 0.708. The number of benzene rings is 1. The van der Waals surface area contributed by atoms with E-state index in [1.165, 1.54) is 19.2 Å². The molecule has 0 amide bonds. The Morgan fingerprint density at radius 2 is 2.25 bits per heavy atom. The maximum Gasteiger partial charge on any atom is 0.309 e. The number of hydrogen-bond donors (Lipinski definition) is 0. The fourth-order valence-corrected chi connectivity index (χ4v) is 2.42. The predicted molar refractivity (Wildman–Crippen MR) is 58.9 cm³/mol. The second kappa shape index (κ2) is 4.42. The van der Waals surface area contributed by atoms with Crippen LogP contribution in [0.15, 0.2) is 12.1 Å². The molecule has 0 spiro atoms. The van der Waals surface area contributed by atoms with E-state index in [0.29, 0.717) is 29.8 Å². The first-order valence-electron chi connectivity index (χ1n) is 5.17. The molecule has 0 aliphatic heterocycles. The van der Waals surface area contributed by atoms with Gasteiger partial charge >= 0.3 is 5.97 Å². The first-order valence-corrected chi connectivity index (χ1v) is 5.55. The van der Waals surface area contributed by atoms with Crippen molar-refractivity contribution in [2.75, 3.05) is 7.11 Å². The lowest BCUT2D eigenvalue weighted by atomic mass is 9.83. The smallest absolute Gasteiger partial charge is 0.309 e. The summed E-state index contributed by atoms with van der Waals surface area (Å²) in [7, 11) is 1.37. The number of methoxy groups -OCH3 is 1. The third kappa shape index (κ3) is 1.92. The van der Waals surface area contributed by atoms with Gasteiger partial charge in [-0.2, -0.15) is 0 Å². The van der Waals surface area contributed by atoms with Gasteiger partial charge in [0.25, 0.3) is 0 Å². The van der Waals surface area contributed by atoms with Crippen LogP contribution < -0.4 is 0 Å². The summed E-state index contributed by atoms with van der Waals surface area (Å²) >= 11 is 6.01. The number of halogens is 2. The first kappa shape index (κ1) is 11.4. The third-order valence-corrected chi connectivity index (χ3v) is 3.40. The van der Waals surface area contributed by atoms with Crippen LogP contribution in [0.4, 0.5) is 4.39 Å². The number of fused-ring (bicyclic) bond motifs is 1. The predicted octanol–water partition coefficient (Wildman–Crippen LogP) is 2.76. The van der Waals surface area contributed by atoms with Crippen LogP contribution in [-0.4, -0.2) is 13.1 Å². The zero-order valence-electron chi connectivity index (χ0n) is 8.93. The van der Waals surface area contributed by atoms with Crippen LogP contribution >= 0.6 is 11.6 Å². The molecule has 1 aromatic carbocycles. The molecule has 86 valence electrons. The molecule has 0 fully saturated rings. The number of rotatable bonds is 1. The van der Waals surface area contributed by atoms with E-state index in [0.717, 1.165) is 5.56 Å². The standard InChI is InChI=1S/C12H12ClFO2/c1-16-12(15)7-2-3-8-9(6-7)10(13)4-5-11(8)14/h4-5,7H,2-3,6H2,1H3. The summed E-state index contributed by atoms with van der Waals surface area (Å²) in [5.41, 5.74) is 1.40. The first-order chi connectivity index (χ1) is 7.63. The van der Waals surface area contributed by atoms with Gasteiger partial charge in [-0.1, -0.05) is 11.6 Å². The van der Waals surface area contributed by atoms with Gasteiger partial charge in [0.05, 0.1) is 13.0 Å². The van der Waals surface area contributed by atoms with Gasteiger partial charge in [0.1, 0.15) is 5.82 Å². The van der Waals surface area contributed by atoms with Gasteiger partial charge in [-0.05, 0) is 42.5 Å². The van der Waals surface area contributed by atoms with Crippen molar-refractivity contribution in [3.63, 3.8) is 0 Å². The molecule has 2 nitrogen and oxygen atoms in total. The molecule has 0 saturated heterocycles. The number of carbonyl (C=O) groups excluding carboxylic acids is 1. The average Bonchev–Trinajstić information content (AvgIpc) is 2.32. The summed E-state index contributed by atoms with van der Waals surface area (Å²) in [5, 5.41) is 0.532. The zero-order chi connectivity index (χ0) is 11.7. The molecule has 1 atom stereocenters. The van der Waals surface area contributed by atoms with E-state index in [1.807, 2.05) is 0 Å². The largest absolute Gasteiger partial charge is 0.469 e. The van der Waals surface area contributed by atoms with Crippen molar-refractivity contribution in [3.8, 4) is 0 Å². The van der Waals surface area contributed by atoms with Gasteiger partial charge in [-0.15, -0.1) is 0 Å². The molecular formula is C12H12ClFO2. The highest BCUT2D eigenvalue weighted by Gasteiger charge is 2.28. The summed E-state index contributed by atoms with van der Waals surface area (Å²) in [6, 6.07) is 2.91. The van der Waals surface area contributed by atoms with E-state index in [1.54, 1.807) is 0 Å². The highest BCUT2D eigenvalue weighted by molar-refractivity contribution is 6.31. The Kier molecular flexibility index (Phi) is 3.15. The minimum atomic E-state index is -0.244. The molecule has 4 heteroatoms. The van der Waals surface area contributed by atoms with E-state index in [-0.39, 0.29) is 17.7 Å². The van der Waals surface area contributed by atoms with Crippen LogP contribution in [-0.2, 0) is 22.4 Å². The van der Waals surface area contributed by atoms with Crippen LogP contribution in [0.2, 0.25) is 5.02 Å². The lowest BCUT2D eigenvalue weighted by molar-refractivity contribution is -0.145. The molecule has 1 unspecified atom stereocenters. The Morgan fingerprint density at radius 3 is 2.94 bits per heavy atom. The fourth-order valence-electron chi connectivity index (χ4n) is 2.16. The molecule has 0 aromatic heterocycles. The number of esters is 1. The highest BCUT2D eigenvalue weighted by Crippen LogP contribution is 2.32. The SMILES string of the molecule is COC(=O)C1CCc2c(F)ccc(Cl)c2C1. The summed E-state index contributed by atoms with van der Waals surface area (Å²) < 4.78 is 18.2. The van der Waals surface area contributed by atoms with E-state index >= 15 is 0 Å². The molecule has 0 bridgehead atoms. The van der Waals surface area contributed by atoms with Crippen LogP contribution in [0.3, 0.4) is 0 Å². The Labute approximate surface area is 98.4 Å². The fraction of sp³-hybridized carbons (Fsp3) is 0.417. The second-order valence-electron chi connectivity index (χ2n) is 3.95. The van der Waals surface area contributed by atoms with Gasteiger partial charge in [-0.3, -0.25) is 4.79 Å². The Bertz CT molecular complexity index is 431. The van der Waals surface area contributed by atoms with Gasteiger partial charge in [0.15, 0.2) is 0 Å². The third-order valence-electron chi connectivity index (χ3n) is 3.04. The molecule has 0 N–H and O–H groups in total. The normalized spacial score (nSPS) is 19.1. The Balaban J connectivity index is 2.33. The number of hydrogen-bond acceptors (Lipinski definition) is 2. The highest BCUT2D eigenvalue weighted by atomic mass is 35.5. The lowest BCUT2D eigenvalue weighted by Crippen LogP contribution is -2.24. The molecule has 16 heavy (non-hydrogen) atoms. The number of ether oxygens (including phenoxy) is 1. The topological polar surface area (TPSA) is 26.3 Å². The number of carbonyl (C=O) groups is 1. The van der Waals surface area contributed by atoms with Crippen LogP contribution in [0.1, 0.15) is 17.5 Å². The minimum absolute atomic E-state index is 0.197. The molecule has 0 heterocycles. The summed E-state index contributed by atoms with van der Waals surface area (Å²) in [6.07, 6.45) is 1.64. The summed E-state index contributed by atoms with van der Waals surface area (Å²) in [6.45, 7) is 0. The second-order valence-corrected chi connectivity index (χ2v) is 4.36. The van der Waals surface area contributed by atoms with Crippen LogP contribution in [0, 0.1) is 11.7 Å². The van der Waals surface area contributed by atoms with Gasteiger partial charge < -0.3 is 4.74 Å².